The number of rotatable bonds is 9. The summed E-state index contributed by atoms with van der Waals surface area (Å²) in [5, 5.41) is 4.10. The number of nitrogens with zero attached hydrogens (tertiary/aromatic N) is 3. The molecule has 1 aromatic heterocycles. The minimum Gasteiger partial charge on any atom is -0.497 e. The van der Waals surface area contributed by atoms with E-state index in [-0.39, 0.29) is 11.6 Å². The Balaban J connectivity index is 1.85. The van der Waals surface area contributed by atoms with E-state index in [1.165, 1.54) is 0 Å². The number of halogens is 1. The average molecular weight is 519 g/mol. The number of ether oxygens (including phenoxy) is 1. The van der Waals surface area contributed by atoms with Crippen molar-refractivity contribution in [2.45, 2.75) is 39.2 Å². The van der Waals surface area contributed by atoms with Gasteiger partial charge in [0.1, 0.15) is 11.6 Å². The van der Waals surface area contributed by atoms with Crippen molar-refractivity contribution in [3.8, 4) is 11.4 Å². The Labute approximate surface area is 221 Å². The van der Waals surface area contributed by atoms with Crippen LogP contribution in [0.4, 0.5) is 10.5 Å². The van der Waals surface area contributed by atoms with E-state index < -0.39 is 6.04 Å². The number of para-hydroxylation sites is 1. The van der Waals surface area contributed by atoms with Crippen LogP contribution in [0.5, 0.6) is 5.75 Å². The molecule has 192 valence electrons. The van der Waals surface area contributed by atoms with Gasteiger partial charge >= 0.3 is 6.03 Å². The summed E-state index contributed by atoms with van der Waals surface area (Å²) in [6.07, 6.45) is 2.29. The Bertz CT molecular complexity index is 1420. The van der Waals surface area contributed by atoms with Crippen LogP contribution in [0, 0.1) is 0 Å². The number of fused-ring (bicyclic) bond motifs is 1. The summed E-state index contributed by atoms with van der Waals surface area (Å²) < 4.78 is 6.93. The van der Waals surface area contributed by atoms with Crippen LogP contribution in [-0.4, -0.2) is 34.1 Å². The number of carbonyl (C=O) groups is 1. The monoisotopic (exact) mass is 518 g/mol. The molecule has 2 amide bonds. The third-order valence-electron chi connectivity index (χ3n) is 6.30. The molecule has 8 heteroatoms. The van der Waals surface area contributed by atoms with Crippen LogP contribution < -0.4 is 15.6 Å². The Morgan fingerprint density at radius 3 is 2.41 bits per heavy atom. The van der Waals surface area contributed by atoms with Crippen molar-refractivity contribution in [2.75, 3.05) is 19.0 Å². The molecule has 1 atom stereocenters. The lowest BCUT2D eigenvalue weighted by molar-refractivity contribution is 0.180. The summed E-state index contributed by atoms with van der Waals surface area (Å²) in [5.41, 5.74) is 1.72. The molecule has 7 nitrogen and oxygen atoms in total. The molecule has 0 saturated heterocycles. The third-order valence-corrected chi connectivity index (χ3v) is 6.55. The maximum atomic E-state index is 13.8. The van der Waals surface area contributed by atoms with E-state index in [2.05, 4.69) is 12.2 Å². The molecule has 0 aliphatic rings. The maximum absolute atomic E-state index is 13.8. The number of carbonyl (C=O) groups excluding carboxylic acids is 1. The van der Waals surface area contributed by atoms with Gasteiger partial charge in [-0.15, -0.1) is 0 Å². The van der Waals surface area contributed by atoms with Gasteiger partial charge in [-0.3, -0.25) is 9.36 Å². The van der Waals surface area contributed by atoms with Crippen LogP contribution >= 0.6 is 11.6 Å². The van der Waals surface area contributed by atoms with Crippen molar-refractivity contribution in [1.29, 1.82) is 0 Å². The van der Waals surface area contributed by atoms with E-state index >= 15 is 0 Å². The van der Waals surface area contributed by atoms with E-state index in [0.29, 0.717) is 51.8 Å². The van der Waals surface area contributed by atoms with E-state index in [0.717, 1.165) is 12.8 Å². The van der Waals surface area contributed by atoms with Gasteiger partial charge in [-0.25, -0.2) is 9.78 Å². The van der Waals surface area contributed by atoms with Gasteiger partial charge in [0.2, 0.25) is 0 Å². The molecule has 1 heterocycles. The first-order valence-electron chi connectivity index (χ1n) is 12.5. The van der Waals surface area contributed by atoms with Crippen LogP contribution in [0.1, 0.15) is 45.0 Å². The zero-order valence-electron chi connectivity index (χ0n) is 21.3. The molecule has 3 aromatic carbocycles. The van der Waals surface area contributed by atoms with Gasteiger partial charge in [-0.05, 0) is 73.5 Å². The normalized spacial score (nSPS) is 11.8. The summed E-state index contributed by atoms with van der Waals surface area (Å²) in [6, 6.07) is 20.9. The number of unbranched alkanes of at least 4 members (excludes halogenated alkanes) is 1. The fraction of sp³-hybridized carbons (Fsp3) is 0.276. The lowest BCUT2D eigenvalue weighted by atomic mass is 10.1. The molecule has 0 saturated carbocycles. The number of methoxy groups -OCH3 is 1. The highest BCUT2D eigenvalue weighted by Crippen LogP contribution is 2.28. The number of amides is 2. The largest absolute Gasteiger partial charge is 0.497 e. The molecule has 1 N–H and O–H groups in total. The third kappa shape index (κ3) is 5.78. The van der Waals surface area contributed by atoms with Crippen LogP contribution in [0.25, 0.3) is 16.6 Å². The van der Waals surface area contributed by atoms with Crippen LogP contribution in [0.3, 0.4) is 0 Å². The summed E-state index contributed by atoms with van der Waals surface area (Å²) >= 11 is 6.02. The summed E-state index contributed by atoms with van der Waals surface area (Å²) in [5.74, 6) is 1.20. The second-order valence-electron chi connectivity index (χ2n) is 8.73. The molecule has 37 heavy (non-hydrogen) atoms. The van der Waals surface area contributed by atoms with E-state index in [9.17, 15) is 9.59 Å². The first kappa shape index (κ1) is 26.2. The molecule has 0 bridgehead atoms. The molecule has 0 aliphatic heterocycles. The van der Waals surface area contributed by atoms with Crippen molar-refractivity contribution in [3.05, 3.63) is 94.0 Å². The van der Waals surface area contributed by atoms with Crippen molar-refractivity contribution in [2.24, 2.45) is 0 Å². The fourth-order valence-corrected chi connectivity index (χ4v) is 4.48. The minimum absolute atomic E-state index is 0.183. The molecule has 0 aliphatic carbocycles. The molecular formula is C29H31ClN4O3. The topological polar surface area (TPSA) is 76.5 Å². The first-order valence-corrected chi connectivity index (χ1v) is 12.8. The quantitative estimate of drug-likeness (QED) is 0.263. The zero-order chi connectivity index (χ0) is 26.4. The van der Waals surface area contributed by atoms with E-state index in [4.69, 9.17) is 21.3 Å². The van der Waals surface area contributed by atoms with Gasteiger partial charge in [0.15, 0.2) is 0 Å². The SMILES string of the molecule is CCCCN(C(=O)Nc1ccc(Cl)cc1)C(CC)c1nc2ccccc2c(=O)n1-c1ccc(OC)cc1. The molecule has 4 aromatic rings. The Kier molecular flexibility index (Phi) is 8.46. The maximum Gasteiger partial charge on any atom is 0.322 e. The molecular weight excluding hydrogens is 488 g/mol. The van der Waals surface area contributed by atoms with Gasteiger partial charge in [0.25, 0.3) is 5.56 Å². The number of hydrogen-bond donors (Lipinski definition) is 1. The second-order valence-corrected chi connectivity index (χ2v) is 9.17. The standard InChI is InChI=1S/C29H31ClN4O3/c1-4-6-19-33(29(36)31-21-13-11-20(30)12-14-21)26(5-2)27-32-25-10-8-7-9-24(25)28(35)34(27)22-15-17-23(37-3)18-16-22/h7-18,26H,4-6,19H2,1-3H3,(H,31,36). The molecule has 0 fully saturated rings. The van der Waals surface area contributed by atoms with Crippen molar-refractivity contribution >= 4 is 34.2 Å². The first-order chi connectivity index (χ1) is 18.0. The fourth-order valence-electron chi connectivity index (χ4n) is 4.35. The highest BCUT2D eigenvalue weighted by Gasteiger charge is 2.29. The average Bonchev–Trinajstić information content (AvgIpc) is 2.92. The van der Waals surface area contributed by atoms with E-state index in [1.807, 2.05) is 49.4 Å². The van der Waals surface area contributed by atoms with Gasteiger partial charge < -0.3 is 15.0 Å². The van der Waals surface area contributed by atoms with Crippen LogP contribution in [0.2, 0.25) is 5.02 Å². The van der Waals surface area contributed by atoms with Gasteiger partial charge in [0.05, 0.1) is 29.7 Å². The number of hydrogen-bond acceptors (Lipinski definition) is 4. The highest BCUT2D eigenvalue weighted by molar-refractivity contribution is 6.30. The second kappa shape index (κ2) is 11.9. The highest BCUT2D eigenvalue weighted by atomic mass is 35.5. The van der Waals surface area contributed by atoms with Crippen molar-refractivity contribution in [1.82, 2.24) is 14.5 Å². The summed E-state index contributed by atoms with van der Waals surface area (Å²) in [4.78, 5) is 34.1. The zero-order valence-corrected chi connectivity index (χ0v) is 22.0. The van der Waals surface area contributed by atoms with Crippen LogP contribution in [0.15, 0.2) is 77.6 Å². The molecule has 1 unspecified atom stereocenters. The lowest BCUT2D eigenvalue weighted by Crippen LogP contribution is -2.41. The van der Waals surface area contributed by atoms with Gasteiger partial charge in [-0.1, -0.05) is 44.0 Å². The number of anilines is 1. The predicted octanol–water partition coefficient (Wildman–Crippen LogP) is 6.83. The van der Waals surface area contributed by atoms with Gasteiger partial charge in [0, 0.05) is 17.3 Å². The predicted molar refractivity (Wildman–Crippen MR) is 149 cm³/mol. The summed E-state index contributed by atoms with van der Waals surface area (Å²) in [7, 11) is 1.60. The number of benzene rings is 3. The Morgan fingerprint density at radius 1 is 1.05 bits per heavy atom. The number of urea groups is 1. The van der Waals surface area contributed by atoms with Crippen molar-refractivity contribution < 1.29 is 9.53 Å². The Hall–Kier alpha value is -3.84. The van der Waals surface area contributed by atoms with Crippen LogP contribution in [-0.2, 0) is 0 Å². The molecule has 0 spiro atoms. The lowest BCUT2D eigenvalue weighted by Gasteiger charge is -2.32. The number of aromatic nitrogens is 2. The molecule has 0 radical (unpaired) electrons. The summed E-state index contributed by atoms with van der Waals surface area (Å²) in [6.45, 7) is 4.59. The number of nitrogens with one attached hydrogen (secondary N) is 1. The van der Waals surface area contributed by atoms with E-state index in [1.54, 1.807) is 46.9 Å². The minimum atomic E-state index is -0.446. The smallest absolute Gasteiger partial charge is 0.322 e. The Morgan fingerprint density at radius 2 is 1.76 bits per heavy atom. The molecule has 4 rings (SSSR count). The van der Waals surface area contributed by atoms with Crippen molar-refractivity contribution in [3.63, 3.8) is 0 Å². The van der Waals surface area contributed by atoms with Gasteiger partial charge in [-0.2, -0.15) is 0 Å².